The van der Waals surface area contributed by atoms with Gasteiger partial charge in [0.1, 0.15) is 0 Å². The Hall–Kier alpha value is -1.74. The van der Waals surface area contributed by atoms with E-state index < -0.39 is 0 Å². The third-order valence-corrected chi connectivity index (χ3v) is 4.02. The van der Waals surface area contributed by atoms with Gasteiger partial charge in [0.2, 0.25) is 0 Å². The Labute approximate surface area is 114 Å². The molecule has 98 valence electrons. The van der Waals surface area contributed by atoms with E-state index in [1.165, 1.54) is 30.4 Å². The van der Waals surface area contributed by atoms with Gasteiger partial charge in [-0.2, -0.15) is 0 Å². The van der Waals surface area contributed by atoms with E-state index in [-0.39, 0.29) is 6.04 Å². The SMILES string of the molecule is CNC(c1cnccn1)c1ccccc1C1CCC1. The zero-order valence-electron chi connectivity index (χ0n) is 11.2. The first-order chi connectivity index (χ1) is 9.40. The number of aromatic nitrogens is 2. The van der Waals surface area contributed by atoms with Crippen LogP contribution in [0.25, 0.3) is 0 Å². The van der Waals surface area contributed by atoms with Crippen molar-refractivity contribution >= 4 is 0 Å². The summed E-state index contributed by atoms with van der Waals surface area (Å²) in [5.41, 5.74) is 3.80. The van der Waals surface area contributed by atoms with Gasteiger partial charge >= 0.3 is 0 Å². The number of nitrogens with one attached hydrogen (secondary N) is 1. The molecule has 1 aromatic carbocycles. The highest BCUT2D eigenvalue weighted by Crippen LogP contribution is 2.40. The van der Waals surface area contributed by atoms with E-state index in [1.54, 1.807) is 12.4 Å². The van der Waals surface area contributed by atoms with Crippen LogP contribution in [0.15, 0.2) is 42.9 Å². The first-order valence-corrected chi connectivity index (χ1v) is 6.92. The summed E-state index contributed by atoms with van der Waals surface area (Å²) in [7, 11) is 1.98. The molecule has 0 bridgehead atoms. The van der Waals surface area contributed by atoms with Crippen LogP contribution < -0.4 is 5.32 Å². The van der Waals surface area contributed by atoms with E-state index in [9.17, 15) is 0 Å². The highest BCUT2D eigenvalue weighted by atomic mass is 14.9. The number of benzene rings is 1. The molecule has 0 spiro atoms. The molecule has 2 aromatic rings. The lowest BCUT2D eigenvalue weighted by molar-refractivity contribution is 0.414. The highest BCUT2D eigenvalue weighted by Gasteiger charge is 2.25. The Bertz CT molecular complexity index is 535. The van der Waals surface area contributed by atoms with Crippen molar-refractivity contribution in [3.8, 4) is 0 Å². The molecule has 1 fully saturated rings. The van der Waals surface area contributed by atoms with Gasteiger partial charge in [-0.05, 0) is 36.9 Å². The molecule has 1 N–H and O–H groups in total. The minimum atomic E-state index is 0.130. The Balaban J connectivity index is 1.99. The van der Waals surface area contributed by atoms with Gasteiger partial charge in [0.25, 0.3) is 0 Å². The molecule has 1 unspecified atom stereocenters. The summed E-state index contributed by atoms with van der Waals surface area (Å²) in [5.74, 6) is 0.726. The lowest BCUT2D eigenvalue weighted by Crippen LogP contribution is -2.22. The van der Waals surface area contributed by atoms with Crippen LogP contribution in [0.1, 0.15) is 48.0 Å². The van der Waals surface area contributed by atoms with Crippen LogP contribution in [0.4, 0.5) is 0 Å². The molecule has 1 aromatic heterocycles. The van der Waals surface area contributed by atoms with Crippen LogP contribution in [-0.4, -0.2) is 17.0 Å². The molecule has 1 aliphatic rings. The fraction of sp³-hybridized carbons (Fsp3) is 0.375. The Morgan fingerprint density at radius 3 is 2.68 bits per heavy atom. The van der Waals surface area contributed by atoms with Crippen molar-refractivity contribution in [2.45, 2.75) is 31.2 Å². The second-order valence-corrected chi connectivity index (χ2v) is 5.11. The average molecular weight is 253 g/mol. The lowest BCUT2D eigenvalue weighted by Gasteiger charge is -2.30. The Kier molecular flexibility index (Phi) is 3.56. The van der Waals surface area contributed by atoms with Crippen molar-refractivity contribution in [1.29, 1.82) is 0 Å². The van der Waals surface area contributed by atoms with E-state index in [1.807, 2.05) is 13.2 Å². The normalized spacial score (nSPS) is 16.9. The maximum absolute atomic E-state index is 4.45. The van der Waals surface area contributed by atoms with E-state index in [0.29, 0.717) is 0 Å². The van der Waals surface area contributed by atoms with Crippen LogP contribution in [0.3, 0.4) is 0 Å². The van der Waals surface area contributed by atoms with Crippen LogP contribution in [-0.2, 0) is 0 Å². The van der Waals surface area contributed by atoms with E-state index >= 15 is 0 Å². The zero-order valence-corrected chi connectivity index (χ0v) is 11.2. The molecule has 3 rings (SSSR count). The predicted molar refractivity (Wildman–Crippen MR) is 76.0 cm³/mol. The fourth-order valence-electron chi connectivity index (χ4n) is 2.79. The quantitative estimate of drug-likeness (QED) is 0.910. The molecule has 0 radical (unpaired) electrons. The second-order valence-electron chi connectivity index (χ2n) is 5.11. The monoisotopic (exact) mass is 253 g/mol. The standard InChI is InChI=1S/C16H19N3/c1-17-16(15-11-18-9-10-19-15)14-8-3-2-7-13(14)12-5-4-6-12/h2-3,7-12,16-17H,4-6H2,1H3. The number of hydrogen-bond acceptors (Lipinski definition) is 3. The summed E-state index contributed by atoms with van der Waals surface area (Å²) in [6, 6.07) is 8.85. The molecular formula is C16H19N3. The second kappa shape index (κ2) is 5.49. The zero-order chi connectivity index (χ0) is 13.1. The van der Waals surface area contributed by atoms with Crippen molar-refractivity contribution in [1.82, 2.24) is 15.3 Å². The van der Waals surface area contributed by atoms with Gasteiger partial charge in [-0.15, -0.1) is 0 Å². The fourth-order valence-corrected chi connectivity index (χ4v) is 2.79. The van der Waals surface area contributed by atoms with Crippen molar-refractivity contribution in [3.05, 3.63) is 59.7 Å². The van der Waals surface area contributed by atoms with Crippen molar-refractivity contribution < 1.29 is 0 Å². The predicted octanol–water partition coefficient (Wildman–Crippen LogP) is 3.05. The first kappa shape index (κ1) is 12.3. The summed E-state index contributed by atoms with van der Waals surface area (Å²) in [6.45, 7) is 0. The molecule has 3 heteroatoms. The number of hydrogen-bond donors (Lipinski definition) is 1. The molecule has 1 saturated carbocycles. The van der Waals surface area contributed by atoms with Gasteiger partial charge in [0, 0.05) is 12.4 Å². The van der Waals surface area contributed by atoms with Crippen LogP contribution in [0, 0.1) is 0 Å². The van der Waals surface area contributed by atoms with Crippen molar-refractivity contribution in [2.24, 2.45) is 0 Å². The highest BCUT2D eigenvalue weighted by molar-refractivity contribution is 5.37. The maximum Gasteiger partial charge on any atom is 0.0801 e. The smallest absolute Gasteiger partial charge is 0.0801 e. The van der Waals surface area contributed by atoms with Crippen LogP contribution >= 0.6 is 0 Å². The van der Waals surface area contributed by atoms with E-state index in [2.05, 4.69) is 39.6 Å². The van der Waals surface area contributed by atoms with Gasteiger partial charge in [-0.3, -0.25) is 9.97 Å². The molecule has 0 amide bonds. The molecular weight excluding hydrogens is 234 g/mol. The van der Waals surface area contributed by atoms with Crippen LogP contribution in [0.2, 0.25) is 0 Å². The third kappa shape index (κ3) is 2.38. The van der Waals surface area contributed by atoms with E-state index in [0.717, 1.165) is 11.6 Å². The maximum atomic E-state index is 4.45. The minimum absolute atomic E-state index is 0.130. The Morgan fingerprint density at radius 2 is 2.05 bits per heavy atom. The molecule has 1 atom stereocenters. The number of rotatable bonds is 4. The van der Waals surface area contributed by atoms with Gasteiger partial charge in [-0.1, -0.05) is 30.7 Å². The number of nitrogens with zero attached hydrogens (tertiary/aromatic N) is 2. The van der Waals surface area contributed by atoms with Crippen molar-refractivity contribution in [2.75, 3.05) is 7.05 Å². The summed E-state index contributed by atoms with van der Waals surface area (Å²) >= 11 is 0. The lowest BCUT2D eigenvalue weighted by atomic mass is 9.77. The molecule has 0 aliphatic heterocycles. The van der Waals surface area contributed by atoms with E-state index in [4.69, 9.17) is 0 Å². The molecule has 19 heavy (non-hydrogen) atoms. The molecule has 1 heterocycles. The molecule has 3 nitrogen and oxygen atoms in total. The summed E-state index contributed by atoms with van der Waals surface area (Å²) in [5, 5.41) is 3.38. The topological polar surface area (TPSA) is 37.8 Å². The van der Waals surface area contributed by atoms with Gasteiger partial charge in [-0.25, -0.2) is 0 Å². The van der Waals surface area contributed by atoms with Gasteiger partial charge in [0.05, 0.1) is 17.9 Å². The molecule has 0 saturated heterocycles. The Morgan fingerprint density at radius 1 is 1.21 bits per heavy atom. The summed E-state index contributed by atoms with van der Waals surface area (Å²) in [4.78, 5) is 8.63. The van der Waals surface area contributed by atoms with Crippen LogP contribution in [0.5, 0.6) is 0 Å². The third-order valence-electron chi connectivity index (χ3n) is 4.02. The minimum Gasteiger partial charge on any atom is -0.308 e. The molecule has 1 aliphatic carbocycles. The summed E-state index contributed by atoms with van der Waals surface area (Å²) < 4.78 is 0. The summed E-state index contributed by atoms with van der Waals surface area (Å²) in [6.07, 6.45) is 9.30. The van der Waals surface area contributed by atoms with Gasteiger partial charge in [0.15, 0.2) is 0 Å². The first-order valence-electron chi connectivity index (χ1n) is 6.92. The average Bonchev–Trinajstić information content (AvgIpc) is 2.41. The van der Waals surface area contributed by atoms with Gasteiger partial charge < -0.3 is 5.32 Å². The largest absolute Gasteiger partial charge is 0.308 e. The van der Waals surface area contributed by atoms with Crippen molar-refractivity contribution in [3.63, 3.8) is 0 Å².